The van der Waals surface area contributed by atoms with Crippen molar-refractivity contribution in [2.75, 3.05) is 0 Å². The van der Waals surface area contributed by atoms with Crippen molar-refractivity contribution in [2.24, 2.45) is 0 Å². The van der Waals surface area contributed by atoms with Crippen LogP contribution in [0.5, 0.6) is 0 Å². The fourth-order valence-corrected chi connectivity index (χ4v) is 3.63. The van der Waals surface area contributed by atoms with Gasteiger partial charge in [-0.2, -0.15) is 8.78 Å². The largest absolute Gasteiger partial charge is 0.349 e. The lowest BCUT2D eigenvalue weighted by Gasteiger charge is -2.29. The van der Waals surface area contributed by atoms with Gasteiger partial charge in [0, 0.05) is 35.6 Å². The lowest BCUT2D eigenvalue weighted by molar-refractivity contribution is -0.147. The number of hydrogen-bond donors (Lipinski definition) is 2. The number of alkyl halides is 2. The summed E-state index contributed by atoms with van der Waals surface area (Å²) >= 11 is 5.66. The first-order chi connectivity index (χ1) is 16.7. The van der Waals surface area contributed by atoms with Crippen LogP contribution in [-0.2, 0) is 33.3 Å². The molecule has 2 aliphatic heterocycles. The Morgan fingerprint density at radius 2 is 2.00 bits per heavy atom. The van der Waals surface area contributed by atoms with Crippen molar-refractivity contribution in [2.45, 2.75) is 37.8 Å². The number of benzene rings is 2. The highest BCUT2D eigenvalue weighted by Gasteiger charge is 2.41. The first-order valence-corrected chi connectivity index (χ1v) is 9.86. The van der Waals surface area contributed by atoms with Crippen molar-refractivity contribution < 1.29 is 33.4 Å². The molecule has 10 heteroatoms. The average molecular weight is 466 g/mol. The lowest BCUT2D eigenvalue weighted by Crippen LogP contribution is -2.52. The van der Waals surface area contributed by atoms with Crippen LogP contribution >= 0.6 is 11.6 Å². The van der Waals surface area contributed by atoms with Gasteiger partial charge in [0.2, 0.25) is 11.8 Å². The Labute approximate surface area is 192 Å². The third kappa shape index (κ3) is 4.08. The summed E-state index contributed by atoms with van der Waals surface area (Å²) in [5.41, 5.74) is -0.974. The number of nitrogens with zero attached hydrogens (tertiary/aromatic N) is 1. The third-order valence-corrected chi connectivity index (χ3v) is 5.37. The molecule has 1 fully saturated rings. The van der Waals surface area contributed by atoms with Crippen LogP contribution in [-0.4, -0.2) is 34.6 Å². The number of imide groups is 1. The summed E-state index contributed by atoms with van der Waals surface area (Å²) in [5.74, 6) is -8.06. The second-order valence-corrected chi connectivity index (χ2v) is 7.70. The quantitative estimate of drug-likeness (QED) is 0.663. The molecular weight excluding hydrogens is 444 g/mol. The van der Waals surface area contributed by atoms with E-state index in [9.17, 15) is 28.0 Å². The number of fused-ring (bicyclic) bond motifs is 1. The third-order valence-electron chi connectivity index (χ3n) is 5.15. The first kappa shape index (κ1) is 17.3. The summed E-state index contributed by atoms with van der Waals surface area (Å²) in [6.07, 6.45) is 0.183. The topological polar surface area (TPSA) is 95.6 Å². The molecule has 32 heavy (non-hydrogen) atoms. The van der Waals surface area contributed by atoms with E-state index in [0.717, 1.165) is 18.2 Å². The molecule has 0 spiro atoms. The van der Waals surface area contributed by atoms with Gasteiger partial charge in [-0.1, -0.05) is 35.8 Å². The number of piperidine rings is 1. The molecule has 2 N–H and O–H groups in total. The molecule has 1 atom stereocenters. The zero-order valence-corrected chi connectivity index (χ0v) is 17.1. The maximum Gasteiger partial charge on any atom is 0.349 e. The molecular formula is C22H18ClF2N3O4. The van der Waals surface area contributed by atoms with Crippen molar-refractivity contribution in [1.82, 2.24) is 15.5 Å². The van der Waals surface area contributed by atoms with Crippen LogP contribution in [0, 0.1) is 0 Å². The second kappa shape index (κ2) is 8.31. The zero-order valence-electron chi connectivity index (χ0n) is 20.3. The van der Waals surface area contributed by atoms with Gasteiger partial charge in [0.25, 0.3) is 11.8 Å². The monoisotopic (exact) mass is 465 g/mol. The Morgan fingerprint density at radius 3 is 2.69 bits per heavy atom. The standard InChI is InChI=1S/C22H18ClF2N3O4/c23-15-4-2-14(3-5-15)22(24,25)21(32)26-10-12-1-6-16-13(9-12)11-28(20(16)31)17-7-8-18(29)27-19(17)30/h1-6,9,17H,7-8,10-11H2,(H,26,32)(H,27,29,30)/i2D,3D,10D2. The molecule has 0 aromatic heterocycles. The summed E-state index contributed by atoms with van der Waals surface area (Å²) in [6.45, 7) is -2.90. The molecule has 2 heterocycles. The van der Waals surface area contributed by atoms with E-state index in [-0.39, 0.29) is 35.5 Å². The van der Waals surface area contributed by atoms with Crippen molar-refractivity contribution >= 4 is 35.2 Å². The SMILES string of the molecule is [2H]c1cc(Cl)cc([2H])c1C(F)(F)C(=O)NC([2H])([2H])c1ccc2c(c1)CN(C1CCC(=O)NC1=O)C2=O. The molecule has 4 amide bonds. The Hall–Kier alpha value is -3.33. The molecule has 2 aromatic carbocycles. The van der Waals surface area contributed by atoms with Crippen LogP contribution in [0.1, 0.15) is 45.4 Å². The fraction of sp³-hybridized carbons (Fsp3) is 0.273. The van der Waals surface area contributed by atoms with Gasteiger partial charge in [0.05, 0.1) is 5.48 Å². The Bertz CT molecular complexity index is 1300. The van der Waals surface area contributed by atoms with E-state index < -0.39 is 59.7 Å². The van der Waals surface area contributed by atoms with Crippen molar-refractivity contribution in [1.29, 1.82) is 0 Å². The van der Waals surface area contributed by atoms with E-state index in [4.69, 9.17) is 17.1 Å². The van der Waals surface area contributed by atoms with Crippen LogP contribution in [0.2, 0.25) is 5.02 Å². The smallest absolute Gasteiger partial charge is 0.346 e. The molecule has 166 valence electrons. The van der Waals surface area contributed by atoms with E-state index in [1.807, 2.05) is 0 Å². The number of hydrogen-bond acceptors (Lipinski definition) is 4. The summed E-state index contributed by atoms with van der Waals surface area (Å²) in [7, 11) is 0. The maximum absolute atomic E-state index is 14.9. The fourth-order valence-electron chi connectivity index (χ4n) is 3.52. The van der Waals surface area contributed by atoms with E-state index in [1.54, 1.807) is 5.32 Å². The molecule has 0 bridgehead atoms. The van der Waals surface area contributed by atoms with Crippen LogP contribution < -0.4 is 10.6 Å². The second-order valence-electron chi connectivity index (χ2n) is 7.26. The van der Waals surface area contributed by atoms with Crippen LogP contribution in [0.4, 0.5) is 8.78 Å². The predicted molar refractivity (Wildman–Crippen MR) is 110 cm³/mol. The summed E-state index contributed by atoms with van der Waals surface area (Å²) in [4.78, 5) is 50.0. The van der Waals surface area contributed by atoms with Crippen LogP contribution in [0.15, 0.2) is 42.4 Å². The predicted octanol–water partition coefficient (Wildman–Crippen LogP) is 2.51. The highest BCUT2D eigenvalue weighted by molar-refractivity contribution is 6.30. The van der Waals surface area contributed by atoms with Gasteiger partial charge in [0.1, 0.15) is 6.04 Å². The number of amides is 4. The van der Waals surface area contributed by atoms with E-state index in [0.29, 0.717) is 5.56 Å². The van der Waals surface area contributed by atoms with E-state index in [2.05, 4.69) is 5.32 Å². The van der Waals surface area contributed by atoms with Gasteiger partial charge >= 0.3 is 5.92 Å². The van der Waals surface area contributed by atoms with Gasteiger partial charge in [-0.05, 0) is 35.7 Å². The van der Waals surface area contributed by atoms with E-state index in [1.165, 1.54) is 17.0 Å². The minimum Gasteiger partial charge on any atom is -0.346 e. The molecule has 4 rings (SSSR count). The summed E-state index contributed by atoms with van der Waals surface area (Å²) in [6, 6.07) is 2.74. The normalized spacial score (nSPS) is 20.7. The van der Waals surface area contributed by atoms with Crippen LogP contribution in [0.25, 0.3) is 0 Å². The molecule has 7 nitrogen and oxygen atoms in total. The Morgan fingerprint density at radius 1 is 1.28 bits per heavy atom. The molecule has 2 aromatic rings. The number of rotatable bonds is 5. The first-order valence-electron chi connectivity index (χ1n) is 11.5. The number of carbonyl (C=O) groups is 4. The molecule has 2 aliphatic rings. The zero-order chi connectivity index (χ0) is 26.6. The van der Waals surface area contributed by atoms with E-state index >= 15 is 0 Å². The molecule has 1 unspecified atom stereocenters. The molecule has 0 aliphatic carbocycles. The highest BCUT2D eigenvalue weighted by atomic mass is 35.5. The van der Waals surface area contributed by atoms with Gasteiger partial charge in [-0.15, -0.1) is 0 Å². The number of nitrogens with one attached hydrogen (secondary N) is 2. The maximum atomic E-state index is 14.9. The minimum absolute atomic E-state index is 0.0538. The van der Waals surface area contributed by atoms with Crippen molar-refractivity contribution in [3.05, 3.63) is 69.7 Å². The van der Waals surface area contributed by atoms with Crippen LogP contribution in [0.3, 0.4) is 0 Å². The molecule has 0 saturated carbocycles. The number of carbonyl (C=O) groups excluding carboxylic acids is 4. The minimum atomic E-state index is -4.42. The van der Waals surface area contributed by atoms with Crippen molar-refractivity contribution in [3.63, 3.8) is 0 Å². The highest BCUT2D eigenvalue weighted by Crippen LogP contribution is 2.30. The van der Waals surface area contributed by atoms with Gasteiger partial charge < -0.3 is 10.2 Å². The Balaban J connectivity index is 1.56. The summed E-state index contributed by atoms with van der Waals surface area (Å²) < 4.78 is 61.5. The summed E-state index contributed by atoms with van der Waals surface area (Å²) in [5, 5.41) is 3.64. The molecule has 1 saturated heterocycles. The van der Waals surface area contributed by atoms with Crippen molar-refractivity contribution in [3.8, 4) is 0 Å². The average Bonchev–Trinajstić information content (AvgIpc) is 3.08. The van der Waals surface area contributed by atoms with Gasteiger partial charge in [-0.25, -0.2) is 0 Å². The lowest BCUT2D eigenvalue weighted by atomic mass is 10.0. The molecule has 0 radical (unpaired) electrons. The Kier molecular flexibility index (Phi) is 4.48. The number of halogens is 3. The van der Waals surface area contributed by atoms with Gasteiger partial charge in [0.15, 0.2) is 0 Å². The van der Waals surface area contributed by atoms with Gasteiger partial charge in [-0.3, -0.25) is 24.5 Å².